The van der Waals surface area contributed by atoms with Gasteiger partial charge in [0.25, 0.3) is 0 Å². The first-order valence-electron chi connectivity index (χ1n) is 9.39. The largest absolute Gasteiger partial charge is 0.395 e. The number of likely N-dealkylation sites (N-methyl/N-ethyl adjacent to an activating group) is 1. The number of aliphatic hydroxyl groups is 1. The maximum atomic E-state index is 9.42. The Labute approximate surface area is 173 Å². The fourth-order valence-corrected chi connectivity index (χ4v) is 3.21. The fraction of sp³-hybridized carbons (Fsp3) is 0.190. The summed E-state index contributed by atoms with van der Waals surface area (Å²) in [5, 5.41) is 18.8. The highest BCUT2D eigenvalue weighted by atomic mass is 35.5. The molecule has 0 spiro atoms. The number of benzene rings is 2. The summed E-state index contributed by atoms with van der Waals surface area (Å²) < 4.78 is 1.79. The van der Waals surface area contributed by atoms with Gasteiger partial charge in [0.15, 0.2) is 5.65 Å². The molecule has 0 amide bonds. The Morgan fingerprint density at radius 1 is 1.07 bits per heavy atom. The van der Waals surface area contributed by atoms with Crippen LogP contribution >= 0.6 is 11.6 Å². The molecule has 2 aromatic heterocycles. The van der Waals surface area contributed by atoms with Gasteiger partial charge in [-0.3, -0.25) is 0 Å². The van der Waals surface area contributed by atoms with Crippen LogP contribution in [0.2, 0.25) is 5.02 Å². The van der Waals surface area contributed by atoms with Crippen LogP contribution in [0.15, 0.2) is 60.8 Å². The smallest absolute Gasteiger partial charge is 0.229 e. The molecule has 0 saturated carbocycles. The molecule has 0 aliphatic rings. The van der Waals surface area contributed by atoms with E-state index in [4.69, 9.17) is 21.6 Å². The molecule has 0 aliphatic heterocycles. The van der Waals surface area contributed by atoms with Crippen molar-refractivity contribution >= 4 is 40.1 Å². The minimum absolute atomic E-state index is 0.0210. The number of aliphatic hydroxyl groups excluding tert-OH is 1. The number of halogens is 1. The molecule has 29 heavy (non-hydrogen) atoms. The van der Waals surface area contributed by atoms with E-state index in [1.165, 1.54) is 0 Å². The van der Waals surface area contributed by atoms with Crippen molar-refractivity contribution in [3.63, 3.8) is 0 Å². The lowest BCUT2D eigenvalue weighted by Crippen LogP contribution is -2.28. The quantitative estimate of drug-likeness (QED) is 0.480. The molecule has 0 radical (unpaired) electrons. The standard InChI is InChI=1S/C21H21ClN6O/c1-2-27(12-13-29)21-25-19(24-16-10-8-15(22)9-11-16)18-14-23-28(20(18)26-21)17-6-4-3-5-7-17/h3-11,14,29H,2,12-13H2,1H3,(H,24,25,26). The molecule has 2 heterocycles. The Hall–Kier alpha value is -3.16. The molecular weight excluding hydrogens is 388 g/mol. The van der Waals surface area contributed by atoms with E-state index in [1.54, 1.807) is 10.9 Å². The predicted molar refractivity (Wildman–Crippen MR) is 116 cm³/mol. The lowest BCUT2D eigenvalue weighted by molar-refractivity contribution is 0.302. The molecule has 0 unspecified atom stereocenters. The number of nitrogens with zero attached hydrogens (tertiary/aromatic N) is 5. The number of aromatic nitrogens is 4. The van der Waals surface area contributed by atoms with Crippen LogP contribution in [-0.4, -0.2) is 44.6 Å². The van der Waals surface area contributed by atoms with Gasteiger partial charge >= 0.3 is 0 Å². The molecule has 7 nitrogen and oxygen atoms in total. The minimum Gasteiger partial charge on any atom is -0.395 e. The Bertz CT molecular complexity index is 1100. The fourth-order valence-electron chi connectivity index (χ4n) is 3.08. The van der Waals surface area contributed by atoms with Gasteiger partial charge in [-0.05, 0) is 43.3 Å². The van der Waals surface area contributed by atoms with Gasteiger partial charge in [-0.1, -0.05) is 29.8 Å². The van der Waals surface area contributed by atoms with E-state index < -0.39 is 0 Å². The molecule has 4 aromatic rings. The Morgan fingerprint density at radius 2 is 1.83 bits per heavy atom. The summed E-state index contributed by atoms with van der Waals surface area (Å²) in [5.41, 5.74) is 2.46. The monoisotopic (exact) mass is 408 g/mol. The van der Waals surface area contributed by atoms with Crippen molar-refractivity contribution in [2.24, 2.45) is 0 Å². The van der Waals surface area contributed by atoms with Gasteiger partial charge in [0.05, 0.1) is 23.9 Å². The summed E-state index contributed by atoms with van der Waals surface area (Å²) >= 11 is 6.00. The van der Waals surface area contributed by atoms with Crippen LogP contribution in [0.3, 0.4) is 0 Å². The summed E-state index contributed by atoms with van der Waals surface area (Å²) in [6.07, 6.45) is 1.76. The van der Waals surface area contributed by atoms with Crippen LogP contribution in [0.1, 0.15) is 6.92 Å². The minimum atomic E-state index is 0.0210. The van der Waals surface area contributed by atoms with Crippen molar-refractivity contribution in [2.45, 2.75) is 6.92 Å². The molecule has 0 aliphatic carbocycles. The molecule has 0 fully saturated rings. The zero-order valence-electron chi connectivity index (χ0n) is 16.0. The van der Waals surface area contributed by atoms with Crippen molar-refractivity contribution in [3.8, 4) is 5.69 Å². The first kappa shape index (κ1) is 19.2. The van der Waals surface area contributed by atoms with E-state index in [0.29, 0.717) is 35.5 Å². The molecule has 2 N–H and O–H groups in total. The highest BCUT2D eigenvalue weighted by molar-refractivity contribution is 6.30. The first-order chi connectivity index (χ1) is 14.2. The Balaban J connectivity index is 1.86. The third-order valence-electron chi connectivity index (χ3n) is 4.56. The van der Waals surface area contributed by atoms with Crippen molar-refractivity contribution in [1.29, 1.82) is 0 Å². The predicted octanol–water partition coefficient (Wildman–Crippen LogP) is 4.03. The van der Waals surface area contributed by atoms with E-state index in [9.17, 15) is 5.11 Å². The van der Waals surface area contributed by atoms with Gasteiger partial charge in [0.2, 0.25) is 5.95 Å². The van der Waals surface area contributed by atoms with Crippen molar-refractivity contribution in [3.05, 3.63) is 65.8 Å². The molecule has 8 heteroatoms. The number of hydrogen-bond acceptors (Lipinski definition) is 6. The van der Waals surface area contributed by atoms with Crippen LogP contribution in [0.5, 0.6) is 0 Å². The Kier molecular flexibility index (Phi) is 5.59. The zero-order valence-corrected chi connectivity index (χ0v) is 16.7. The van der Waals surface area contributed by atoms with Crippen LogP contribution in [0.4, 0.5) is 17.5 Å². The molecule has 0 bridgehead atoms. The molecular formula is C21H21ClN6O. The summed E-state index contributed by atoms with van der Waals surface area (Å²) in [6.45, 7) is 3.14. The summed E-state index contributed by atoms with van der Waals surface area (Å²) in [6, 6.07) is 17.3. The van der Waals surface area contributed by atoms with E-state index in [2.05, 4.69) is 10.4 Å². The number of fused-ring (bicyclic) bond motifs is 1. The first-order valence-corrected chi connectivity index (χ1v) is 9.77. The molecule has 148 valence electrons. The summed E-state index contributed by atoms with van der Waals surface area (Å²) in [5.74, 6) is 1.18. The summed E-state index contributed by atoms with van der Waals surface area (Å²) in [7, 11) is 0. The average molecular weight is 409 g/mol. The second-order valence-corrected chi connectivity index (χ2v) is 6.87. The van der Waals surface area contributed by atoms with Gasteiger partial charge in [0.1, 0.15) is 5.82 Å². The normalized spacial score (nSPS) is 11.0. The SMILES string of the molecule is CCN(CCO)c1nc(Nc2ccc(Cl)cc2)c2cnn(-c3ccccc3)c2n1. The lowest BCUT2D eigenvalue weighted by Gasteiger charge is -2.20. The van der Waals surface area contributed by atoms with Crippen LogP contribution in [0.25, 0.3) is 16.7 Å². The second-order valence-electron chi connectivity index (χ2n) is 6.44. The van der Waals surface area contributed by atoms with Gasteiger partial charge < -0.3 is 15.3 Å². The molecule has 0 atom stereocenters. The van der Waals surface area contributed by atoms with Crippen molar-refractivity contribution in [2.75, 3.05) is 29.9 Å². The third-order valence-corrected chi connectivity index (χ3v) is 4.81. The highest BCUT2D eigenvalue weighted by Gasteiger charge is 2.17. The summed E-state index contributed by atoms with van der Waals surface area (Å²) in [4.78, 5) is 11.4. The molecule has 4 rings (SSSR count). The highest BCUT2D eigenvalue weighted by Crippen LogP contribution is 2.28. The van der Waals surface area contributed by atoms with Crippen LogP contribution < -0.4 is 10.2 Å². The topological polar surface area (TPSA) is 79.1 Å². The maximum absolute atomic E-state index is 9.42. The number of anilines is 3. The number of hydrogen-bond donors (Lipinski definition) is 2. The molecule has 0 saturated heterocycles. The van der Waals surface area contributed by atoms with Gasteiger partial charge in [-0.15, -0.1) is 0 Å². The average Bonchev–Trinajstić information content (AvgIpc) is 3.18. The van der Waals surface area contributed by atoms with E-state index in [-0.39, 0.29) is 6.61 Å². The number of rotatable bonds is 7. The maximum Gasteiger partial charge on any atom is 0.229 e. The van der Waals surface area contributed by atoms with E-state index in [0.717, 1.165) is 16.8 Å². The number of nitrogens with one attached hydrogen (secondary N) is 1. The third kappa shape index (κ3) is 4.01. The van der Waals surface area contributed by atoms with Crippen molar-refractivity contribution in [1.82, 2.24) is 19.7 Å². The van der Waals surface area contributed by atoms with Gasteiger partial charge in [-0.25, -0.2) is 4.68 Å². The Morgan fingerprint density at radius 3 is 2.52 bits per heavy atom. The zero-order chi connectivity index (χ0) is 20.2. The lowest BCUT2D eigenvalue weighted by atomic mass is 10.3. The molecule has 2 aromatic carbocycles. The van der Waals surface area contributed by atoms with Crippen LogP contribution in [-0.2, 0) is 0 Å². The van der Waals surface area contributed by atoms with Crippen LogP contribution in [0, 0.1) is 0 Å². The van der Waals surface area contributed by atoms with E-state index in [1.807, 2.05) is 66.4 Å². The second kappa shape index (κ2) is 8.46. The van der Waals surface area contributed by atoms with Crippen molar-refractivity contribution < 1.29 is 5.11 Å². The van der Waals surface area contributed by atoms with Gasteiger partial charge in [-0.2, -0.15) is 15.1 Å². The van der Waals surface area contributed by atoms with E-state index >= 15 is 0 Å². The van der Waals surface area contributed by atoms with Gasteiger partial charge in [0, 0.05) is 23.8 Å². The number of para-hydroxylation sites is 1.